The van der Waals surface area contributed by atoms with Crippen molar-refractivity contribution in [2.45, 2.75) is 69.5 Å². The molecule has 0 amide bonds. The minimum Gasteiger partial charge on any atom is -0.487 e. The number of hydrogen-bond donors (Lipinski definition) is 1. The predicted octanol–water partition coefficient (Wildman–Crippen LogP) is 5.14. The molecule has 1 aromatic carbocycles. The Bertz CT molecular complexity index is 538. The van der Waals surface area contributed by atoms with Crippen LogP contribution in [0.2, 0.25) is 0 Å². The van der Waals surface area contributed by atoms with Gasteiger partial charge in [-0.2, -0.15) is 0 Å². The zero-order valence-electron chi connectivity index (χ0n) is 12.4. The average molecular weight is 351 g/mol. The Morgan fingerprint density at radius 2 is 1.76 bits per heavy atom. The Hall–Kier alpha value is -0.540. The van der Waals surface area contributed by atoms with Gasteiger partial charge in [-0.3, -0.25) is 0 Å². The molecule has 1 heterocycles. The van der Waals surface area contributed by atoms with Gasteiger partial charge in [0.15, 0.2) is 0 Å². The summed E-state index contributed by atoms with van der Waals surface area (Å²) in [4.78, 5) is 0. The number of benzene rings is 1. The SMILES string of the molecule is OC1CC2(CCC3(CCCC3)CC2)Oc2ccc(Br)cc21. The lowest BCUT2D eigenvalue weighted by Gasteiger charge is -2.48. The van der Waals surface area contributed by atoms with E-state index in [1.54, 1.807) is 0 Å². The van der Waals surface area contributed by atoms with Gasteiger partial charge in [0.2, 0.25) is 0 Å². The minimum atomic E-state index is -0.385. The number of rotatable bonds is 0. The number of hydrogen-bond acceptors (Lipinski definition) is 2. The lowest BCUT2D eigenvalue weighted by atomic mass is 9.65. The highest BCUT2D eigenvalue weighted by atomic mass is 79.9. The van der Waals surface area contributed by atoms with E-state index in [0.29, 0.717) is 5.41 Å². The molecule has 2 nitrogen and oxygen atoms in total. The first-order chi connectivity index (χ1) is 10.1. The molecule has 3 aliphatic rings. The van der Waals surface area contributed by atoms with Crippen LogP contribution in [0.25, 0.3) is 0 Å². The van der Waals surface area contributed by atoms with Crippen molar-refractivity contribution in [1.82, 2.24) is 0 Å². The van der Waals surface area contributed by atoms with Gasteiger partial charge < -0.3 is 9.84 Å². The van der Waals surface area contributed by atoms with Gasteiger partial charge in [0.25, 0.3) is 0 Å². The molecule has 0 radical (unpaired) electrons. The highest BCUT2D eigenvalue weighted by Crippen LogP contribution is 2.55. The Morgan fingerprint density at radius 3 is 2.48 bits per heavy atom. The largest absolute Gasteiger partial charge is 0.487 e. The van der Waals surface area contributed by atoms with Crippen LogP contribution in [-0.2, 0) is 0 Å². The van der Waals surface area contributed by atoms with Crippen molar-refractivity contribution in [1.29, 1.82) is 0 Å². The molecule has 21 heavy (non-hydrogen) atoms. The third kappa shape index (κ3) is 2.43. The maximum absolute atomic E-state index is 10.6. The normalized spacial score (nSPS) is 29.3. The highest BCUT2D eigenvalue weighted by Gasteiger charge is 2.48. The van der Waals surface area contributed by atoms with E-state index in [0.717, 1.165) is 35.0 Å². The fourth-order valence-corrected chi connectivity index (χ4v) is 5.16. The van der Waals surface area contributed by atoms with Crippen molar-refractivity contribution in [2.75, 3.05) is 0 Å². The van der Waals surface area contributed by atoms with Crippen molar-refractivity contribution in [3.63, 3.8) is 0 Å². The molecule has 2 fully saturated rings. The summed E-state index contributed by atoms with van der Waals surface area (Å²) in [5.41, 5.74) is 1.43. The quantitative estimate of drug-likeness (QED) is 0.701. The average Bonchev–Trinajstić information content (AvgIpc) is 2.93. The van der Waals surface area contributed by atoms with Gasteiger partial charge >= 0.3 is 0 Å². The van der Waals surface area contributed by atoms with E-state index in [9.17, 15) is 5.11 Å². The molecule has 2 saturated carbocycles. The van der Waals surface area contributed by atoms with E-state index in [2.05, 4.69) is 15.9 Å². The Kier molecular flexibility index (Phi) is 3.34. The summed E-state index contributed by atoms with van der Waals surface area (Å²) < 4.78 is 7.42. The van der Waals surface area contributed by atoms with Crippen LogP contribution in [-0.4, -0.2) is 10.7 Å². The molecule has 1 unspecified atom stereocenters. The van der Waals surface area contributed by atoms with Crippen LogP contribution in [0.15, 0.2) is 22.7 Å². The van der Waals surface area contributed by atoms with Crippen molar-refractivity contribution in [2.24, 2.45) is 5.41 Å². The summed E-state index contributed by atoms with van der Waals surface area (Å²) in [6, 6.07) is 6.00. The first kappa shape index (κ1) is 14.1. The van der Waals surface area contributed by atoms with Gasteiger partial charge in [0.1, 0.15) is 11.4 Å². The van der Waals surface area contributed by atoms with Gasteiger partial charge in [-0.15, -0.1) is 0 Å². The number of ether oxygens (including phenoxy) is 1. The summed E-state index contributed by atoms with van der Waals surface area (Å²) in [6.07, 6.45) is 10.8. The van der Waals surface area contributed by atoms with E-state index < -0.39 is 0 Å². The molecule has 1 aliphatic heterocycles. The standard InChI is InChI=1S/C18H23BrO2/c19-13-3-4-16-14(11-13)15(20)12-18(21-16)9-7-17(8-10-18)5-1-2-6-17/h3-4,11,15,20H,1-2,5-10,12H2. The molecule has 1 aromatic rings. The zero-order valence-corrected chi connectivity index (χ0v) is 14.0. The molecule has 2 spiro atoms. The Labute approximate surface area is 135 Å². The highest BCUT2D eigenvalue weighted by molar-refractivity contribution is 9.10. The van der Waals surface area contributed by atoms with Crippen LogP contribution >= 0.6 is 15.9 Å². The molecule has 0 bridgehead atoms. The Morgan fingerprint density at radius 1 is 1.05 bits per heavy atom. The molecule has 1 N–H and O–H groups in total. The topological polar surface area (TPSA) is 29.5 Å². The Balaban J connectivity index is 1.56. The monoisotopic (exact) mass is 350 g/mol. The molecule has 1 atom stereocenters. The van der Waals surface area contributed by atoms with Gasteiger partial charge in [-0.1, -0.05) is 28.8 Å². The first-order valence-corrected chi connectivity index (χ1v) is 9.06. The molecule has 3 heteroatoms. The molecule has 0 aromatic heterocycles. The number of aliphatic hydroxyl groups is 1. The van der Waals surface area contributed by atoms with E-state index in [4.69, 9.17) is 4.74 Å². The fraction of sp³-hybridized carbons (Fsp3) is 0.667. The van der Waals surface area contributed by atoms with Crippen molar-refractivity contribution < 1.29 is 9.84 Å². The fourth-order valence-electron chi connectivity index (χ4n) is 4.78. The van der Waals surface area contributed by atoms with Crippen molar-refractivity contribution in [3.05, 3.63) is 28.2 Å². The zero-order chi connectivity index (χ0) is 14.5. The number of fused-ring (bicyclic) bond motifs is 1. The lowest BCUT2D eigenvalue weighted by molar-refractivity contribution is -0.0622. The van der Waals surface area contributed by atoms with E-state index in [1.165, 1.54) is 38.5 Å². The van der Waals surface area contributed by atoms with Crippen LogP contribution < -0.4 is 4.74 Å². The third-order valence-electron chi connectivity index (χ3n) is 6.11. The summed E-state index contributed by atoms with van der Waals surface area (Å²) in [6.45, 7) is 0. The number of aliphatic hydroxyl groups excluding tert-OH is 1. The van der Waals surface area contributed by atoms with Gasteiger partial charge in [0, 0.05) is 16.5 Å². The maximum atomic E-state index is 10.6. The van der Waals surface area contributed by atoms with E-state index in [1.807, 2.05) is 18.2 Å². The van der Waals surface area contributed by atoms with E-state index in [-0.39, 0.29) is 11.7 Å². The second kappa shape index (κ2) is 4.99. The predicted molar refractivity (Wildman–Crippen MR) is 86.4 cm³/mol. The summed E-state index contributed by atoms with van der Waals surface area (Å²) in [7, 11) is 0. The molecule has 0 saturated heterocycles. The molecular formula is C18H23BrO2. The maximum Gasteiger partial charge on any atom is 0.126 e. The van der Waals surface area contributed by atoms with Crippen LogP contribution in [0, 0.1) is 5.41 Å². The van der Waals surface area contributed by atoms with Crippen LogP contribution in [0.1, 0.15) is 69.5 Å². The van der Waals surface area contributed by atoms with Gasteiger partial charge in [-0.05, 0) is 62.1 Å². The minimum absolute atomic E-state index is 0.117. The third-order valence-corrected chi connectivity index (χ3v) is 6.60. The lowest BCUT2D eigenvalue weighted by Crippen LogP contribution is -2.46. The van der Waals surface area contributed by atoms with Crippen LogP contribution in [0.4, 0.5) is 0 Å². The molecule has 2 aliphatic carbocycles. The molecule has 4 rings (SSSR count). The van der Waals surface area contributed by atoms with Crippen molar-refractivity contribution in [3.8, 4) is 5.75 Å². The number of halogens is 1. The summed E-state index contributed by atoms with van der Waals surface area (Å²) in [5, 5.41) is 10.6. The second-order valence-electron chi connectivity index (χ2n) is 7.39. The molecule has 114 valence electrons. The van der Waals surface area contributed by atoms with Gasteiger partial charge in [-0.25, -0.2) is 0 Å². The van der Waals surface area contributed by atoms with Crippen LogP contribution in [0.3, 0.4) is 0 Å². The molecular weight excluding hydrogens is 328 g/mol. The second-order valence-corrected chi connectivity index (χ2v) is 8.31. The summed E-state index contributed by atoms with van der Waals surface area (Å²) >= 11 is 3.48. The van der Waals surface area contributed by atoms with Gasteiger partial charge in [0.05, 0.1) is 6.10 Å². The van der Waals surface area contributed by atoms with Crippen LogP contribution in [0.5, 0.6) is 5.75 Å². The smallest absolute Gasteiger partial charge is 0.126 e. The van der Waals surface area contributed by atoms with E-state index >= 15 is 0 Å². The summed E-state index contributed by atoms with van der Waals surface area (Å²) in [5.74, 6) is 0.888. The van der Waals surface area contributed by atoms with Crippen molar-refractivity contribution >= 4 is 15.9 Å². The first-order valence-electron chi connectivity index (χ1n) is 8.27.